The maximum absolute atomic E-state index is 12.4. The van der Waals surface area contributed by atoms with Gasteiger partial charge in [-0.1, -0.05) is 39.0 Å². The van der Waals surface area contributed by atoms with E-state index in [-0.39, 0.29) is 47.8 Å². The van der Waals surface area contributed by atoms with Gasteiger partial charge in [-0.15, -0.1) is 11.3 Å². The molecule has 2 aromatic rings. The molecule has 6 nitrogen and oxygen atoms in total. The van der Waals surface area contributed by atoms with E-state index < -0.39 is 0 Å². The molecule has 6 atom stereocenters. The molecule has 164 valence electrons. The summed E-state index contributed by atoms with van der Waals surface area (Å²) in [6, 6.07) is 9.29. The number of fused-ring (bicyclic) bond motifs is 4. The van der Waals surface area contributed by atoms with E-state index in [1.807, 2.05) is 37.3 Å². The van der Waals surface area contributed by atoms with E-state index in [4.69, 9.17) is 14.5 Å². The van der Waals surface area contributed by atoms with Crippen molar-refractivity contribution >= 4 is 28.3 Å². The topological polar surface area (TPSA) is 77.5 Å². The average molecular weight is 441 g/mol. The molecule has 0 unspecified atom stereocenters. The molecule has 2 heterocycles. The minimum absolute atomic E-state index is 0.0157. The van der Waals surface area contributed by atoms with Crippen molar-refractivity contribution in [2.24, 2.45) is 23.2 Å². The largest absolute Gasteiger partial charge is 0.484 e. The fourth-order valence-corrected chi connectivity index (χ4v) is 7.23. The molecule has 1 amide bonds. The second kappa shape index (κ2) is 7.62. The summed E-state index contributed by atoms with van der Waals surface area (Å²) in [5, 5.41) is 3.52. The average Bonchev–Trinajstić information content (AvgIpc) is 3.26. The predicted molar refractivity (Wildman–Crippen MR) is 118 cm³/mol. The number of carbonyl (C=O) groups excluding carboxylic acids is 2. The monoisotopic (exact) mass is 440 g/mol. The van der Waals surface area contributed by atoms with Gasteiger partial charge in [0.15, 0.2) is 11.7 Å². The number of amides is 1. The van der Waals surface area contributed by atoms with E-state index in [0.717, 1.165) is 25.0 Å². The maximum Gasteiger partial charge on any atom is 0.309 e. The van der Waals surface area contributed by atoms with Crippen LogP contribution in [0, 0.1) is 23.2 Å². The summed E-state index contributed by atoms with van der Waals surface area (Å²) >= 11 is 1.56. The van der Waals surface area contributed by atoms with E-state index in [1.54, 1.807) is 11.3 Å². The molecule has 0 radical (unpaired) electrons. The van der Waals surface area contributed by atoms with Crippen LogP contribution in [-0.2, 0) is 20.7 Å². The number of aromatic nitrogens is 1. The van der Waals surface area contributed by atoms with E-state index in [1.165, 1.54) is 4.88 Å². The Labute approximate surface area is 186 Å². The van der Waals surface area contributed by atoms with E-state index in [0.29, 0.717) is 16.8 Å². The van der Waals surface area contributed by atoms with Crippen LogP contribution in [0.5, 0.6) is 5.75 Å². The Hall–Kier alpha value is -2.41. The Morgan fingerprint density at radius 2 is 2.06 bits per heavy atom. The second-order valence-electron chi connectivity index (χ2n) is 9.52. The molecule has 31 heavy (non-hydrogen) atoms. The number of nitrogens with zero attached hydrogens (tertiary/aromatic N) is 1. The first kappa shape index (κ1) is 20.5. The Kier molecular flexibility index (Phi) is 5.04. The molecule has 1 N–H and O–H groups in total. The Morgan fingerprint density at radius 1 is 1.29 bits per heavy atom. The van der Waals surface area contributed by atoms with Crippen LogP contribution in [0.15, 0.2) is 30.3 Å². The van der Waals surface area contributed by atoms with Crippen molar-refractivity contribution < 1.29 is 19.1 Å². The lowest BCUT2D eigenvalue weighted by molar-refractivity contribution is -0.149. The quantitative estimate of drug-likeness (QED) is 0.713. The lowest BCUT2D eigenvalue weighted by atomic mass is 9.54. The first-order valence-electron chi connectivity index (χ1n) is 11.0. The summed E-state index contributed by atoms with van der Waals surface area (Å²) in [7, 11) is 0. The third-order valence-corrected chi connectivity index (χ3v) is 8.50. The van der Waals surface area contributed by atoms with Gasteiger partial charge in [-0.25, -0.2) is 4.98 Å². The number of rotatable bonds is 4. The lowest BCUT2D eigenvalue weighted by Crippen LogP contribution is -2.50. The van der Waals surface area contributed by atoms with Crippen LogP contribution >= 0.6 is 11.3 Å². The van der Waals surface area contributed by atoms with Crippen molar-refractivity contribution in [3.63, 3.8) is 0 Å². The van der Waals surface area contributed by atoms with Crippen molar-refractivity contribution in [1.29, 1.82) is 0 Å². The molecule has 0 bridgehead atoms. The van der Waals surface area contributed by atoms with Crippen molar-refractivity contribution in [3.05, 3.63) is 40.9 Å². The van der Waals surface area contributed by atoms with Crippen LogP contribution in [0.4, 0.5) is 5.13 Å². The van der Waals surface area contributed by atoms with Gasteiger partial charge in [0, 0.05) is 22.6 Å². The zero-order chi connectivity index (χ0) is 21.8. The minimum Gasteiger partial charge on any atom is -0.484 e. The fraction of sp³-hybridized carbons (Fsp3) is 0.542. The highest BCUT2D eigenvalue weighted by Crippen LogP contribution is 2.59. The number of benzene rings is 1. The van der Waals surface area contributed by atoms with Crippen molar-refractivity contribution in [1.82, 2.24) is 4.98 Å². The van der Waals surface area contributed by atoms with Crippen molar-refractivity contribution in [3.8, 4) is 5.75 Å². The number of hydrogen-bond donors (Lipinski definition) is 1. The minimum atomic E-state index is -0.218. The number of para-hydroxylation sites is 1. The molecule has 7 heteroatoms. The molecular weight excluding hydrogens is 412 g/mol. The number of thiazole rings is 1. The third kappa shape index (κ3) is 3.53. The van der Waals surface area contributed by atoms with Crippen LogP contribution in [0.2, 0.25) is 0 Å². The number of carbonyl (C=O) groups is 2. The zero-order valence-electron chi connectivity index (χ0n) is 18.1. The SMILES string of the molecule is C[C@@H]1C(=O)O[C@@H]2[C@H]1CC[C@]1(C)Cc3sc(NC(=O)COc4ccccc4)nc3[C@H](C)[C@H]21. The number of anilines is 1. The molecule has 1 aromatic carbocycles. The van der Waals surface area contributed by atoms with Gasteiger partial charge in [-0.2, -0.15) is 0 Å². The second-order valence-corrected chi connectivity index (χ2v) is 10.6. The summed E-state index contributed by atoms with van der Waals surface area (Å²) in [6.45, 7) is 6.48. The number of nitrogens with one attached hydrogen (secondary N) is 1. The van der Waals surface area contributed by atoms with Crippen LogP contribution in [-0.4, -0.2) is 29.6 Å². The summed E-state index contributed by atoms with van der Waals surface area (Å²) in [4.78, 5) is 30.7. The zero-order valence-corrected chi connectivity index (χ0v) is 18.9. The fourth-order valence-electron chi connectivity index (χ4n) is 5.95. The molecule has 3 aliphatic rings. The van der Waals surface area contributed by atoms with Crippen LogP contribution in [0.1, 0.15) is 50.1 Å². The highest BCUT2D eigenvalue weighted by molar-refractivity contribution is 7.15. The lowest BCUT2D eigenvalue weighted by Gasteiger charge is -2.51. The molecule has 1 saturated heterocycles. The van der Waals surface area contributed by atoms with Gasteiger partial charge in [-0.3, -0.25) is 14.9 Å². The first-order valence-corrected chi connectivity index (χ1v) is 11.9. The van der Waals surface area contributed by atoms with Gasteiger partial charge < -0.3 is 9.47 Å². The molecule has 1 aromatic heterocycles. The van der Waals surface area contributed by atoms with Crippen molar-refractivity contribution in [2.75, 3.05) is 11.9 Å². The maximum atomic E-state index is 12.4. The summed E-state index contributed by atoms with van der Waals surface area (Å²) in [5.41, 5.74) is 1.13. The smallest absolute Gasteiger partial charge is 0.309 e. The van der Waals surface area contributed by atoms with E-state index in [2.05, 4.69) is 19.2 Å². The van der Waals surface area contributed by atoms with Gasteiger partial charge in [0.1, 0.15) is 11.9 Å². The summed E-state index contributed by atoms with van der Waals surface area (Å²) in [6.07, 6.45) is 3.02. The highest BCUT2D eigenvalue weighted by atomic mass is 32.1. The van der Waals surface area contributed by atoms with Crippen molar-refractivity contribution in [2.45, 2.75) is 52.1 Å². The number of hydrogen-bond acceptors (Lipinski definition) is 6. The van der Waals surface area contributed by atoms with Gasteiger partial charge in [-0.05, 0) is 36.8 Å². The van der Waals surface area contributed by atoms with Gasteiger partial charge in [0.05, 0.1) is 11.6 Å². The molecule has 5 rings (SSSR count). The molecule has 0 spiro atoms. The Morgan fingerprint density at radius 3 is 2.84 bits per heavy atom. The highest BCUT2D eigenvalue weighted by Gasteiger charge is 2.58. The molecule has 2 fully saturated rings. The van der Waals surface area contributed by atoms with E-state index >= 15 is 0 Å². The number of esters is 1. The Bertz CT molecular complexity index is 1010. The van der Waals surface area contributed by atoms with Gasteiger partial charge in [0.2, 0.25) is 0 Å². The van der Waals surface area contributed by atoms with Crippen LogP contribution < -0.4 is 10.1 Å². The van der Waals surface area contributed by atoms with Gasteiger partial charge >= 0.3 is 5.97 Å². The Balaban J connectivity index is 1.32. The van der Waals surface area contributed by atoms with E-state index in [9.17, 15) is 9.59 Å². The third-order valence-electron chi connectivity index (χ3n) is 7.52. The van der Waals surface area contributed by atoms with Gasteiger partial charge in [0.25, 0.3) is 5.91 Å². The molecular formula is C24H28N2O4S. The molecule has 2 aliphatic carbocycles. The normalized spacial score (nSPS) is 33.6. The van der Waals surface area contributed by atoms with Crippen LogP contribution in [0.3, 0.4) is 0 Å². The number of ether oxygens (including phenoxy) is 2. The predicted octanol–water partition coefficient (Wildman–Crippen LogP) is 4.41. The first-order chi connectivity index (χ1) is 14.9. The molecule has 1 aliphatic heterocycles. The standard InChI is InChI=1S/C24H28N2O4S/c1-13-16-9-10-24(3)11-17-20(14(2)19(24)21(16)30-22(13)28)26-23(31-17)25-18(27)12-29-15-7-5-4-6-8-15/h4-8,13-14,16,19,21H,9-12H2,1-3H3,(H,25,26,27)/t13-,14+,16-,19+,21+,24+/m0/s1. The summed E-state index contributed by atoms with van der Waals surface area (Å²) in [5.74, 6) is 1.13. The molecule has 1 saturated carbocycles. The van der Waals surface area contributed by atoms with Crippen LogP contribution in [0.25, 0.3) is 0 Å². The summed E-state index contributed by atoms with van der Waals surface area (Å²) < 4.78 is 11.4.